The van der Waals surface area contributed by atoms with E-state index < -0.39 is 0 Å². The third kappa shape index (κ3) is 3.87. The van der Waals surface area contributed by atoms with Gasteiger partial charge in [0.15, 0.2) is 0 Å². The zero-order chi connectivity index (χ0) is 14.2. The first-order valence-corrected chi connectivity index (χ1v) is 7.84. The molecule has 0 atom stereocenters. The molecule has 1 aromatic heterocycles. The van der Waals surface area contributed by atoms with Gasteiger partial charge in [0.05, 0.1) is 11.6 Å². The minimum atomic E-state index is 0.747. The van der Waals surface area contributed by atoms with Crippen molar-refractivity contribution in [3.05, 3.63) is 36.0 Å². The molecule has 0 spiro atoms. The molecule has 0 unspecified atom stereocenters. The van der Waals surface area contributed by atoms with Crippen LogP contribution in [-0.2, 0) is 6.54 Å². The molecular weight excluding hydrogens is 244 g/mol. The van der Waals surface area contributed by atoms with E-state index in [9.17, 15) is 0 Å². The monoisotopic (exact) mass is 268 g/mol. The van der Waals surface area contributed by atoms with Gasteiger partial charge in [-0.1, -0.05) is 51.5 Å². The van der Waals surface area contributed by atoms with Crippen LogP contribution in [0.3, 0.4) is 0 Å². The zero-order valence-electron chi connectivity index (χ0n) is 12.4. The van der Waals surface area contributed by atoms with Gasteiger partial charge in [-0.05, 0) is 30.0 Å². The molecule has 20 heavy (non-hydrogen) atoms. The number of nitriles is 1. The number of hydrogen-bond acceptors (Lipinski definition) is 1. The van der Waals surface area contributed by atoms with E-state index >= 15 is 0 Å². The maximum Gasteiger partial charge on any atom is 0.0992 e. The lowest BCUT2D eigenvalue weighted by Gasteiger charge is -2.06. The minimum Gasteiger partial charge on any atom is -0.347 e. The number of nitrogens with zero attached hydrogens (tertiary/aromatic N) is 2. The van der Waals surface area contributed by atoms with E-state index in [0.29, 0.717) is 0 Å². The van der Waals surface area contributed by atoms with Crippen molar-refractivity contribution in [3.8, 4) is 6.07 Å². The maximum absolute atomic E-state index is 8.98. The van der Waals surface area contributed by atoms with E-state index in [0.717, 1.165) is 12.1 Å². The van der Waals surface area contributed by atoms with Crippen LogP contribution >= 0.6 is 0 Å². The fourth-order valence-corrected chi connectivity index (χ4v) is 2.69. The van der Waals surface area contributed by atoms with Crippen LogP contribution in [0.2, 0.25) is 0 Å². The number of aryl methyl sites for hydroxylation is 1. The second-order valence-corrected chi connectivity index (χ2v) is 5.52. The van der Waals surface area contributed by atoms with Gasteiger partial charge in [-0.2, -0.15) is 5.26 Å². The van der Waals surface area contributed by atoms with Crippen molar-refractivity contribution in [1.29, 1.82) is 5.26 Å². The Kier molecular flexibility index (Phi) is 5.68. The van der Waals surface area contributed by atoms with E-state index in [1.54, 1.807) is 0 Å². The molecule has 0 radical (unpaired) electrons. The molecule has 106 valence electrons. The standard InChI is InChI=1S/C18H24N2/c1-2-3-4-5-6-7-8-12-20-13-11-17-10-9-16(15-19)14-18(17)20/h9-11,13-14H,2-8,12H2,1H3. The van der Waals surface area contributed by atoms with Crippen molar-refractivity contribution in [2.45, 2.75) is 58.4 Å². The summed E-state index contributed by atoms with van der Waals surface area (Å²) < 4.78 is 2.28. The molecule has 0 saturated heterocycles. The Labute approximate surface area is 122 Å². The number of unbranched alkanes of at least 4 members (excludes halogenated alkanes) is 6. The summed E-state index contributed by atoms with van der Waals surface area (Å²) in [6.07, 6.45) is 11.5. The van der Waals surface area contributed by atoms with Crippen molar-refractivity contribution in [2.24, 2.45) is 0 Å². The first-order valence-electron chi connectivity index (χ1n) is 7.84. The number of rotatable bonds is 8. The first kappa shape index (κ1) is 14.7. The average Bonchev–Trinajstić information content (AvgIpc) is 2.88. The van der Waals surface area contributed by atoms with Crippen molar-refractivity contribution in [3.63, 3.8) is 0 Å². The second-order valence-electron chi connectivity index (χ2n) is 5.52. The third-order valence-corrected chi connectivity index (χ3v) is 3.91. The van der Waals surface area contributed by atoms with Crippen LogP contribution in [0.25, 0.3) is 10.9 Å². The van der Waals surface area contributed by atoms with Crippen LogP contribution in [0.15, 0.2) is 30.5 Å². The molecule has 1 aromatic carbocycles. The Hall–Kier alpha value is -1.75. The summed E-state index contributed by atoms with van der Waals surface area (Å²) in [5.41, 5.74) is 1.94. The normalized spacial score (nSPS) is 10.8. The highest BCUT2D eigenvalue weighted by atomic mass is 14.9. The molecule has 0 bridgehead atoms. The van der Waals surface area contributed by atoms with Crippen LogP contribution in [0, 0.1) is 11.3 Å². The molecular formula is C18H24N2. The van der Waals surface area contributed by atoms with Crippen molar-refractivity contribution in [2.75, 3.05) is 0 Å². The Bertz CT molecular complexity index is 575. The molecule has 2 heteroatoms. The lowest BCUT2D eigenvalue weighted by Crippen LogP contribution is -1.96. The Morgan fingerprint density at radius 2 is 1.75 bits per heavy atom. The topological polar surface area (TPSA) is 28.7 Å². The molecule has 0 aliphatic rings. The summed E-state index contributed by atoms with van der Waals surface area (Å²) in [6.45, 7) is 3.32. The highest BCUT2D eigenvalue weighted by Crippen LogP contribution is 2.18. The Morgan fingerprint density at radius 1 is 1.00 bits per heavy atom. The Balaban J connectivity index is 1.83. The summed E-state index contributed by atoms with van der Waals surface area (Å²) in [5, 5.41) is 10.2. The van der Waals surface area contributed by atoms with Gasteiger partial charge >= 0.3 is 0 Å². The molecule has 2 rings (SSSR count). The van der Waals surface area contributed by atoms with E-state index in [2.05, 4.69) is 29.8 Å². The minimum absolute atomic E-state index is 0.747. The highest BCUT2D eigenvalue weighted by molar-refractivity contribution is 5.81. The van der Waals surface area contributed by atoms with Gasteiger partial charge in [-0.25, -0.2) is 0 Å². The molecule has 2 aromatic rings. The predicted octanol–water partition coefficient (Wildman–Crippen LogP) is 5.26. The van der Waals surface area contributed by atoms with E-state index in [4.69, 9.17) is 5.26 Å². The quantitative estimate of drug-likeness (QED) is 0.600. The summed E-state index contributed by atoms with van der Waals surface area (Å²) in [5.74, 6) is 0. The predicted molar refractivity (Wildman–Crippen MR) is 84.6 cm³/mol. The molecule has 0 aliphatic carbocycles. The number of aromatic nitrogens is 1. The molecule has 0 N–H and O–H groups in total. The van der Waals surface area contributed by atoms with Gasteiger partial charge in [0, 0.05) is 18.3 Å². The lowest BCUT2D eigenvalue weighted by molar-refractivity contribution is 0.556. The van der Waals surface area contributed by atoms with Gasteiger partial charge in [0.2, 0.25) is 0 Å². The highest BCUT2D eigenvalue weighted by Gasteiger charge is 2.02. The van der Waals surface area contributed by atoms with E-state index in [-0.39, 0.29) is 0 Å². The summed E-state index contributed by atoms with van der Waals surface area (Å²) in [4.78, 5) is 0. The van der Waals surface area contributed by atoms with Crippen LogP contribution in [0.5, 0.6) is 0 Å². The van der Waals surface area contributed by atoms with Gasteiger partial charge < -0.3 is 4.57 Å². The van der Waals surface area contributed by atoms with Gasteiger partial charge in [0.1, 0.15) is 0 Å². The number of fused-ring (bicyclic) bond motifs is 1. The molecule has 0 amide bonds. The average molecular weight is 268 g/mol. The van der Waals surface area contributed by atoms with Gasteiger partial charge in [-0.3, -0.25) is 0 Å². The van der Waals surface area contributed by atoms with Crippen molar-refractivity contribution in [1.82, 2.24) is 4.57 Å². The van der Waals surface area contributed by atoms with E-state index in [1.165, 1.54) is 55.8 Å². The Morgan fingerprint density at radius 3 is 2.50 bits per heavy atom. The van der Waals surface area contributed by atoms with Crippen LogP contribution in [-0.4, -0.2) is 4.57 Å². The maximum atomic E-state index is 8.98. The molecule has 2 nitrogen and oxygen atoms in total. The fourth-order valence-electron chi connectivity index (χ4n) is 2.69. The van der Waals surface area contributed by atoms with Crippen molar-refractivity contribution < 1.29 is 0 Å². The van der Waals surface area contributed by atoms with E-state index in [1.807, 2.05) is 18.2 Å². The van der Waals surface area contributed by atoms with Crippen LogP contribution in [0.4, 0.5) is 0 Å². The van der Waals surface area contributed by atoms with Gasteiger partial charge in [0.25, 0.3) is 0 Å². The summed E-state index contributed by atoms with van der Waals surface area (Å²) >= 11 is 0. The summed E-state index contributed by atoms with van der Waals surface area (Å²) in [6, 6.07) is 10.3. The van der Waals surface area contributed by atoms with Crippen LogP contribution in [0.1, 0.15) is 57.4 Å². The smallest absolute Gasteiger partial charge is 0.0992 e. The van der Waals surface area contributed by atoms with Crippen LogP contribution < -0.4 is 0 Å². The fraction of sp³-hybridized carbons (Fsp3) is 0.500. The third-order valence-electron chi connectivity index (χ3n) is 3.91. The zero-order valence-corrected chi connectivity index (χ0v) is 12.4. The van der Waals surface area contributed by atoms with Crippen molar-refractivity contribution >= 4 is 10.9 Å². The largest absolute Gasteiger partial charge is 0.347 e. The molecule has 1 heterocycles. The molecule has 0 saturated carbocycles. The number of hydrogen-bond donors (Lipinski definition) is 0. The SMILES string of the molecule is CCCCCCCCCn1ccc2ccc(C#N)cc21. The second kappa shape index (κ2) is 7.75. The lowest BCUT2D eigenvalue weighted by atomic mass is 10.1. The van der Waals surface area contributed by atoms with Gasteiger partial charge in [-0.15, -0.1) is 0 Å². The number of benzene rings is 1. The summed E-state index contributed by atoms with van der Waals surface area (Å²) in [7, 11) is 0. The first-order chi connectivity index (χ1) is 9.85. The molecule has 0 fully saturated rings. The molecule has 0 aliphatic heterocycles.